The minimum Gasteiger partial charge on any atom is -0.310 e. The second-order valence-corrected chi connectivity index (χ2v) is 7.36. The Kier molecular flexibility index (Phi) is 3.78. The zero-order chi connectivity index (χ0) is 16.8. The van der Waals surface area contributed by atoms with Gasteiger partial charge in [-0.15, -0.1) is 0 Å². The molecule has 0 amide bonds. The van der Waals surface area contributed by atoms with Crippen LogP contribution in [0, 0.1) is 20.2 Å². The summed E-state index contributed by atoms with van der Waals surface area (Å²) in [7, 11) is -4.14. The molecule has 2 N–H and O–H groups in total. The molecule has 3 atom stereocenters. The largest absolute Gasteiger partial charge is 0.310 e. The number of hydrogen-bond acceptors (Lipinski definition) is 7. The molecular formula is C12H14N4O6S. The molecule has 1 aromatic carbocycles. The predicted octanol–water partition coefficient (Wildman–Crippen LogP) is 0.674. The Bertz CT molecular complexity index is 780. The van der Waals surface area contributed by atoms with E-state index in [0.29, 0.717) is 12.5 Å². The van der Waals surface area contributed by atoms with E-state index < -0.39 is 36.1 Å². The smallest absolute Gasteiger partial charge is 0.296 e. The topological polar surface area (TPSA) is 144 Å². The highest BCUT2D eigenvalue weighted by Gasteiger charge is 2.42. The zero-order valence-corrected chi connectivity index (χ0v) is 12.7. The summed E-state index contributed by atoms with van der Waals surface area (Å²) in [4.78, 5) is 19.5. The first-order valence-electron chi connectivity index (χ1n) is 6.99. The van der Waals surface area contributed by atoms with Gasteiger partial charge in [0, 0.05) is 24.2 Å². The Morgan fingerprint density at radius 2 is 1.91 bits per heavy atom. The summed E-state index contributed by atoms with van der Waals surface area (Å²) in [5, 5.41) is 25.1. The molecule has 23 heavy (non-hydrogen) atoms. The van der Waals surface area contributed by atoms with Crippen molar-refractivity contribution in [2.45, 2.75) is 42.3 Å². The lowest BCUT2D eigenvalue weighted by Gasteiger charge is -2.21. The summed E-state index contributed by atoms with van der Waals surface area (Å²) in [5.74, 6) is 0. The lowest BCUT2D eigenvalue weighted by molar-refractivity contribution is -0.396. The van der Waals surface area contributed by atoms with E-state index in [4.69, 9.17) is 0 Å². The molecule has 10 nitrogen and oxygen atoms in total. The zero-order valence-electron chi connectivity index (χ0n) is 11.8. The predicted molar refractivity (Wildman–Crippen MR) is 78.4 cm³/mol. The van der Waals surface area contributed by atoms with E-state index in [0.717, 1.165) is 25.0 Å². The molecule has 2 bridgehead atoms. The van der Waals surface area contributed by atoms with E-state index in [1.807, 2.05) is 0 Å². The van der Waals surface area contributed by atoms with Crippen LogP contribution in [0.1, 0.15) is 19.3 Å². The van der Waals surface area contributed by atoms with Gasteiger partial charge in [0.1, 0.15) is 0 Å². The number of nitrogens with zero attached hydrogens (tertiary/aromatic N) is 2. The Balaban J connectivity index is 1.93. The van der Waals surface area contributed by atoms with Crippen molar-refractivity contribution in [2.75, 3.05) is 0 Å². The SMILES string of the molecule is O=[N+]([O-])c1ccc(S(=O)(=O)N[C@@H]2C[C@H]3CC[C@@H]2N3)c([N+](=O)[O-])c1. The number of sulfonamides is 1. The number of nitro groups is 2. The summed E-state index contributed by atoms with van der Waals surface area (Å²) >= 11 is 0. The Morgan fingerprint density at radius 3 is 2.43 bits per heavy atom. The summed E-state index contributed by atoms with van der Waals surface area (Å²) in [6, 6.07) is 2.47. The summed E-state index contributed by atoms with van der Waals surface area (Å²) in [5.41, 5.74) is -1.33. The average Bonchev–Trinajstić information content (AvgIpc) is 3.08. The van der Waals surface area contributed by atoms with Crippen molar-refractivity contribution >= 4 is 21.4 Å². The van der Waals surface area contributed by atoms with Gasteiger partial charge in [-0.3, -0.25) is 20.2 Å². The molecule has 2 heterocycles. The Morgan fingerprint density at radius 1 is 1.17 bits per heavy atom. The van der Waals surface area contributed by atoms with Gasteiger partial charge in [-0.25, -0.2) is 13.1 Å². The lowest BCUT2D eigenvalue weighted by atomic mass is 9.96. The van der Waals surface area contributed by atoms with Crippen molar-refractivity contribution in [1.82, 2.24) is 10.0 Å². The Hall–Kier alpha value is -2.11. The third-order valence-electron chi connectivity index (χ3n) is 4.25. The highest BCUT2D eigenvalue weighted by molar-refractivity contribution is 7.89. The van der Waals surface area contributed by atoms with Crippen LogP contribution in [0.25, 0.3) is 0 Å². The van der Waals surface area contributed by atoms with Crippen molar-refractivity contribution in [1.29, 1.82) is 0 Å². The van der Waals surface area contributed by atoms with Crippen LogP contribution in [0.15, 0.2) is 23.1 Å². The summed E-state index contributed by atoms with van der Waals surface area (Å²) in [6.45, 7) is 0. The maximum atomic E-state index is 12.5. The fraction of sp³-hybridized carbons (Fsp3) is 0.500. The minimum absolute atomic E-state index is 0.0203. The van der Waals surface area contributed by atoms with E-state index in [1.54, 1.807) is 0 Å². The van der Waals surface area contributed by atoms with Gasteiger partial charge < -0.3 is 5.32 Å². The number of non-ortho nitro benzene ring substituents is 1. The number of nitrogens with one attached hydrogen (secondary N) is 2. The molecule has 0 saturated carbocycles. The van der Waals surface area contributed by atoms with E-state index in [1.165, 1.54) is 0 Å². The molecule has 2 fully saturated rings. The number of fused-ring (bicyclic) bond motifs is 2. The van der Waals surface area contributed by atoms with Gasteiger partial charge in [-0.2, -0.15) is 0 Å². The second-order valence-electron chi connectivity index (χ2n) is 5.68. The molecule has 0 spiro atoms. The van der Waals surface area contributed by atoms with Crippen molar-refractivity contribution < 1.29 is 18.3 Å². The van der Waals surface area contributed by atoms with Gasteiger partial charge in [-0.1, -0.05) is 0 Å². The standard InChI is InChI=1S/C12H14N4O6S/c17-15(18)8-2-4-12(11(6-8)16(19)20)23(21,22)14-10-5-7-1-3-9(10)13-7/h2,4,6-7,9-10,13-14H,1,3,5H2/t7-,9+,10-/m1/s1. The normalized spacial score (nSPS) is 26.3. The molecule has 1 aromatic rings. The van der Waals surface area contributed by atoms with Gasteiger partial charge in [-0.05, 0) is 25.3 Å². The van der Waals surface area contributed by atoms with Crippen molar-refractivity contribution in [2.24, 2.45) is 0 Å². The highest BCUT2D eigenvalue weighted by Crippen LogP contribution is 2.32. The highest BCUT2D eigenvalue weighted by atomic mass is 32.2. The van der Waals surface area contributed by atoms with Crippen LogP contribution in [-0.4, -0.2) is 36.4 Å². The Labute approximate surface area is 131 Å². The van der Waals surface area contributed by atoms with Gasteiger partial charge in [0.25, 0.3) is 11.4 Å². The van der Waals surface area contributed by atoms with Crippen LogP contribution in [-0.2, 0) is 10.0 Å². The molecule has 3 rings (SSSR count). The number of nitro benzene ring substituents is 2. The fourth-order valence-electron chi connectivity index (χ4n) is 3.21. The lowest BCUT2D eigenvalue weighted by Crippen LogP contribution is -2.42. The van der Waals surface area contributed by atoms with Crippen molar-refractivity contribution in [3.05, 3.63) is 38.4 Å². The van der Waals surface area contributed by atoms with Crippen LogP contribution >= 0.6 is 0 Å². The maximum absolute atomic E-state index is 12.5. The van der Waals surface area contributed by atoms with E-state index in [9.17, 15) is 28.6 Å². The van der Waals surface area contributed by atoms with Crippen molar-refractivity contribution in [3.8, 4) is 0 Å². The summed E-state index contributed by atoms with van der Waals surface area (Å²) in [6.07, 6.45) is 2.46. The number of benzene rings is 1. The first kappa shape index (κ1) is 15.8. The van der Waals surface area contributed by atoms with Gasteiger partial charge in [0.05, 0.1) is 15.9 Å². The van der Waals surface area contributed by atoms with Crippen LogP contribution in [0.4, 0.5) is 11.4 Å². The third-order valence-corrected chi connectivity index (χ3v) is 5.78. The monoisotopic (exact) mass is 342 g/mol. The van der Waals surface area contributed by atoms with E-state index in [-0.39, 0.29) is 18.1 Å². The molecule has 0 aromatic heterocycles. The van der Waals surface area contributed by atoms with E-state index >= 15 is 0 Å². The molecule has 0 unspecified atom stereocenters. The van der Waals surface area contributed by atoms with Gasteiger partial charge >= 0.3 is 0 Å². The second kappa shape index (κ2) is 5.51. The first-order chi connectivity index (χ1) is 10.8. The van der Waals surface area contributed by atoms with Crippen LogP contribution < -0.4 is 10.0 Å². The van der Waals surface area contributed by atoms with Gasteiger partial charge in [0.2, 0.25) is 10.0 Å². The summed E-state index contributed by atoms with van der Waals surface area (Å²) < 4.78 is 27.4. The number of rotatable bonds is 5. The van der Waals surface area contributed by atoms with Gasteiger partial charge in [0.15, 0.2) is 4.90 Å². The van der Waals surface area contributed by atoms with Crippen LogP contribution in [0.2, 0.25) is 0 Å². The van der Waals surface area contributed by atoms with E-state index in [2.05, 4.69) is 10.0 Å². The molecule has 11 heteroatoms. The molecule has 2 aliphatic heterocycles. The molecule has 0 radical (unpaired) electrons. The first-order valence-corrected chi connectivity index (χ1v) is 8.47. The molecular weight excluding hydrogens is 328 g/mol. The van der Waals surface area contributed by atoms with Crippen LogP contribution in [0.3, 0.4) is 0 Å². The molecule has 2 saturated heterocycles. The molecule has 2 aliphatic rings. The third kappa shape index (κ3) is 2.90. The van der Waals surface area contributed by atoms with Crippen LogP contribution in [0.5, 0.6) is 0 Å². The molecule has 0 aliphatic carbocycles. The minimum atomic E-state index is -4.14. The molecule has 124 valence electrons. The number of hydrogen-bond donors (Lipinski definition) is 2. The quantitative estimate of drug-likeness (QED) is 0.591. The fourth-order valence-corrected chi connectivity index (χ4v) is 4.65. The van der Waals surface area contributed by atoms with Crippen molar-refractivity contribution in [3.63, 3.8) is 0 Å². The average molecular weight is 342 g/mol. The maximum Gasteiger partial charge on any atom is 0.296 e.